The van der Waals surface area contributed by atoms with Crippen molar-refractivity contribution in [2.75, 3.05) is 18.4 Å². The predicted molar refractivity (Wildman–Crippen MR) is 55.2 cm³/mol. The van der Waals surface area contributed by atoms with E-state index in [2.05, 4.69) is 10.6 Å². The minimum Gasteiger partial charge on any atom is -0.386 e. The summed E-state index contributed by atoms with van der Waals surface area (Å²) in [7, 11) is 0. The zero-order valence-corrected chi connectivity index (χ0v) is 8.26. The number of nitrogens with one attached hydrogen (secondary N) is 2. The van der Waals surface area contributed by atoms with Crippen molar-refractivity contribution < 1.29 is 9.50 Å². The van der Waals surface area contributed by atoms with Crippen LogP contribution >= 0.6 is 0 Å². The fourth-order valence-electron chi connectivity index (χ4n) is 2.56. The van der Waals surface area contributed by atoms with Gasteiger partial charge in [0.2, 0.25) is 0 Å². The lowest BCUT2D eigenvalue weighted by atomic mass is 9.91. The number of aliphatic hydroxyl groups excluding tert-OH is 1. The third-order valence-electron chi connectivity index (χ3n) is 3.40. The Morgan fingerprint density at radius 1 is 1.47 bits per heavy atom. The largest absolute Gasteiger partial charge is 0.386 e. The van der Waals surface area contributed by atoms with Gasteiger partial charge in [0.05, 0.1) is 5.54 Å². The van der Waals surface area contributed by atoms with Crippen molar-refractivity contribution in [1.29, 1.82) is 0 Å². The van der Waals surface area contributed by atoms with Gasteiger partial charge in [-0.3, -0.25) is 0 Å². The summed E-state index contributed by atoms with van der Waals surface area (Å²) < 4.78 is 13.1. The minimum absolute atomic E-state index is 0.294. The molecule has 80 valence electrons. The molecule has 1 fully saturated rings. The lowest BCUT2D eigenvalue weighted by Gasteiger charge is -2.27. The van der Waals surface area contributed by atoms with E-state index in [0.29, 0.717) is 5.56 Å². The number of halogens is 1. The molecule has 2 aliphatic rings. The average molecular weight is 208 g/mol. The van der Waals surface area contributed by atoms with Crippen molar-refractivity contribution in [3.05, 3.63) is 29.6 Å². The second-order valence-electron chi connectivity index (χ2n) is 4.34. The Labute approximate surface area is 87.3 Å². The minimum atomic E-state index is -0.613. The maximum atomic E-state index is 13.1. The molecule has 0 radical (unpaired) electrons. The molecule has 0 saturated carbocycles. The second kappa shape index (κ2) is 2.93. The first kappa shape index (κ1) is 9.12. The van der Waals surface area contributed by atoms with E-state index in [-0.39, 0.29) is 11.4 Å². The maximum Gasteiger partial charge on any atom is 0.123 e. The number of anilines is 1. The zero-order valence-electron chi connectivity index (χ0n) is 8.26. The van der Waals surface area contributed by atoms with E-state index < -0.39 is 6.10 Å². The molecule has 2 aliphatic heterocycles. The third-order valence-corrected chi connectivity index (χ3v) is 3.40. The van der Waals surface area contributed by atoms with E-state index in [1.807, 2.05) is 0 Å². The molecule has 3 rings (SSSR count). The van der Waals surface area contributed by atoms with Gasteiger partial charge >= 0.3 is 0 Å². The Bertz CT molecular complexity index is 402. The standard InChI is InChI=1S/C11H13FN2O/c12-7-1-2-9-8(5-7)10(15)11(14-9)3-4-13-6-11/h1-2,5,10,13-15H,3-4,6H2. The summed E-state index contributed by atoms with van der Waals surface area (Å²) in [5, 5.41) is 16.7. The molecule has 2 heterocycles. The highest BCUT2D eigenvalue weighted by atomic mass is 19.1. The van der Waals surface area contributed by atoms with Crippen LogP contribution in [0.1, 0.15) is 18.1 Å². The van der Waals surface area contributed by atoms with Crippen LogP contribution in [0.2, 0.25) is 0 Å². The molecule has 0 bridgehead atoms. The highest BCUT2D eigenvalue weighted by Crippen LogP contribution is 2.44. The van der Waals surface area contributed by atoms with Gasteiger partial charge in [-0.25, -0.2) is 4.39 Å². The van der Waals surface area contributed by atoms with Crippen LogP contribution in [0.4, 0.5) is 10.1 Å². The highest BCUT2D eigenvalue weighted by Gasteiger charge is 2.47. The van der Waals surface area contributed by atoms with Crippen LogP contribution in [0, 0.1) is 5.82 Å². The molecule has 0 aromatic heterocycles. The van der Waals surface area contributed by atoms with Gasteiger partial charge in [-0.1, -0.05) is 0 Å². The van der Waals surface area contributed by atoms with Crippen molar-refractivity contribution in [2.45, 2.75) is 18.1 Å². The molecular weight excluding hydrogens is 195 g/mol. The number of benzene rings is 1. The van der Waals surface area contributed by atoms with Crippen molar-refractivity contribution in [1.82, 2.24) is 5.32 Å². The fourth-order valence-corrected chi connectivity index (χ4v) is 2.56. The summed E-state index contributed by atoms with van der Waals surface area (Å²) in [6.07, 6.45) is 0.253. The van der Waals surface area contributed by atoms with Gasteiger partial charge in [-0.05, 0) is 31.2 Å². The lowest BCUT2D eigenvalue weighted by Crippen LogP contribution is -2.41. The van der Waals surface area contributed by atoms with Gasteiger partial charge in [0.15, 0.2) is 0 Å². The molecule has 1 aromatic rings. The third kappa shape index (κ3) is 1.18. The summed E-state index contributed by atoms with van der Waals surface area (Å²) in [5.41, 5.74) is 1.21. The number of hydrogen-bond acceptors (Lipinski definition) is 3. The molecule has 1 spiro atoms. The molecule has 3 N–H and O–H groups in total. The van der Waals surface area contributed by atoms with Crippen molar-refractivity contribution >= 4 is 5.69 Å². The van der Waals surface area contributed by atoms with E-state index in [9.17, 15) is 9.50 Å². The zero-order chi connectivity index (χ0) is 10.5. The van der Waals surface area contributed by atoms with Crippen LogP contribution in [0.3, 0.4) is 0 Å². The van der Waals surface area contributed by atoms with Crippen LogP contribution in [-0.2, 0) is 0 Å². The summed E-state index contributed by atoms with van der Waals surface area (Å²) >= 11 is 0. The number of fused-ring (bicyclic) bond motifs is 1. The monoisotopic (exact) mass is 208 g/mol. The van der Waals surface area contributed by atoms with Gasteiger partial charge in [0.25, 0.3) is 0 Å². The van der Waals surface area contributed by atoms with E-state index in [1.54, 1.807) is 6.07 Å². The first-order valence-electron chi connectivity index (χ1n) is 5.18. The van der Waals surface area contributed by atoms with E-state index >= 15 is 0 Å². The topological polar surface area (TPSA) is 44.3 Å². The fraction of sp³-hybridized carbons (Fsp3) is 0.455. The molecule has 0 amide bonds. The van der Waals surface area contributed by atoms with Crippen molar-refractivity contribution in [3.63, 3.8) is 0 Å². The molecule has 15 heavy (non-hydrogen) atoms. The Hall–Kier alpha value is -1.13. The molecule has 0 aliphatic carbocycles. The van der Waals surface area contributed by atoms with Gasteiger partial charge in [-0.15, -0.1) is 0 Å². The van der Waals surface area contributed by atoms with Gasteiger partial charge < -0.3 is 15.7 Å². The summed E-state index contributed by atoms with van der Waals surface area (Å²) in [5.74, 6) is -0.294. The first-order chi connectivity index (χ1) is 7.21. The molecule has 1 saturated heterocycles. The van der Waals surface area contributed by atoms with Crippen LogP contribution < -0.4 is 10.6 Å². The second-order valence-corrected chi connectivity index (χ2v) is 4.34. The molecule has 4 heteroatoms. The van der Waals surface area contributed by atoms with E-state index in [1.165, 1.54) is 12.1 Å². The van der Waals surface area contributed by atoms with Gasteiger partial charge in [-0.2, -0.15) is 0 Å². The van der Waals surface area contributed by atoms with Crippen molar-refractivity contribution in [2.24, 2.45) is 0 Å². The lowest BCUT2D eigenvalue weighted by molar-refractivity contribution is 0.117. The van der Waals surface area contributed by atoms with Crippen LogP contribution in [0.15, 0.2) is 18.2 Å². The summed E-state index contributed by atoms with van der Waals surface area (Å²) in [4.78, 5) is 0. The van der Waals surface area contributed by atoms with E-state index in [4.69, 9.17) is 0 Å². The average Bonchev–Trinajstić information content (AvgIpc) is 2.78. The smallest absolute Gasteiger partial charge is 0.123 e. The number of rotatable bonds is 0. The quantitative estimate of drug-likeness (QED) is 0.596. The van der Waals surface area contributed by atoms with E-state index in [0.717, 1.165) is 25.2 Å². The Morgan fingerprint density at radius 3 is 3.07 bits per heavy atom. The van der Waals surface area contributed by atoms with Gasteiger partial charge in [0.1, 0.15) is 11.9 Å². The maximum absolute atomic E-state index is 13.1. The molecule has 3 nitrogen and oxygen atoms in total. The van der Waals surface area contributed by atoms with Crippen LogP contribution in [-0.4, -0.2) is 23.7 Å². The molecule has 1 aromatic carbocycles. The molecule has 2 unspecified atom stereocenters. The normalized spacial score (nSPS) is 33.1. The van der Waals surface area contributed by atoms with Gasteiger partial charge in [0, 0.05) is 17.8 Å². The van der Waals surface area contributed by atoms with Crippen LogP contribution in [0.5, 0.6) is 0 Å². The predicted octanol–water partition coefficient (Wildman–Crippen LogP) is 1.02. The van der Waals surface area contributed by atoms with Crippen LogP contribution in [0.25, 0.3) is 0 Å². The summed E-state index contributed by atoms with van der Waals surface area (Å²) in [6, 6.07) is 4.53. The SMILES string of the molecule is OC1c2cc(F)ccc2NC12CCNC2. The Morgan fingerprint density at radius 2 is 2.33 bits per heavy atom. The summed E-state index contributed by atoms with van der Waals surface area (Å²) in [6.45, 7) is 1.62. The Kier molecular flexibility index (Phi) is 1.78. The van der Waals surface area contributed by atoms with Crippen molar-refractivity contribution in [3.8, 4) is 0 Å². The Balaban J connectivity index is 2.04. The first-order valence-corrected chi connectivity index (χ1v) is 5.18. The molecular formula is C11H13FN2O. The molecule has 2 atom stereocenters. The number of aliphatic hydroxyl groups is 1. The highest BCUT2D eigenvalue weighted by molar-refractivity contribution is 5.61. The number of hydrogen-bond donors (Lipinski definition) is 3.